The van der Waals surface area contributed by atoms with E-state index in [0.29, 0.717) is 0 Å². The summed E-state index contributed by atoms with van der Waals surface area (Å²) in [5.74, 6) is 0.739. The van der Waals surface area contributed by atoms with Crippen LogP contribution in [0.2, 0.25) is 0 Å². The summed E-state index contributed by atoms with van der Waals surface area (Å²) < 4.78 is 0. The van der Waals surface area contributed by atoms with Crippen LogP contribution in [0, 0.1) is 0 Å². The SMILES string of the molecule is c1ccc(C(c2nn[nH]n2)N2CCNCC2)cc1. The Kier molecular flexibility index (Phi) is 3.29. The average Bonchev–Trinajstić information content (AvgIpc) is 2.95. The number of H-pyrrole nitrogens is 1. The van der Waals surface area contributed by atoms with Crippen LogP contribution in [0.1, 0.15) is 17.4 Å². The molecular formula is C12H16N6. The van der Waals surface area contributed by atoms with Crippen LogP contribution in [-0.2, 0) is 0 Å². The summed E-state index contributed by atoms with van der Waals surface area (Å²) in [4.78, 5) is 2.39. The highest BCUT2D eigenvalue weighted by atomic mass is 15.5. The lowest BCUT2D eigenvalue weighted by molar-refractivity contribution is 0.192. The highest BCUT2D eigenvalue weighted by molar-refractivity contribution is 5.24. The highest BCUT2D eigenvalue weighted by Gasteiger charge is 2.26. The van der Waals surface area contributed by atoms with Gasteiger partial charge in [-0.25, -0.2) is 0 Å². The predicted molar refractivity (Wildman–Crippen MR) is 66.9 cm³/mol. The van der Waals surface area contributed by atoms with E-state index in [9.17, 15) is 0 Å². The number of aromatic nitrogens is 4. The quantitative estimate of drug-likeness (QED) is 0.807. The van der Waals surface area contributed by atoms with Gasteiger partial charge in [0.1, 0.15) is 0 Å². The Labute approximate surface area is 105 Å². The summed E-state index contributed by atoms with van der Waals surface area (Å²) in [5, 5.41) is 17.9. The smallest absolute Gasteiger partial charge is 0.196 e. The van der Waals surface area contributed by atoms with Crippen LogP contribution in [0.5, 0.6) is 0 Å². The first-order chi connectivity index (χ1) is 8.95. The van der Waals surface area contributed by atoms with Crippen molar-refractivity contribution in [3.8, 4) is 0 Å². The highest BCUT2D eigenvalue weighted by Crippen LogP contribution is 2.25. The van der Waals surface area contributed by atoms with Gasteiger partial charge >= 0.3 is 0 Å². The summed E-state index contributed by atoms with van der Waals surface area (Å²) in [6, 6.07) is 10.4. The summed E-state index contributed by atoms with van der Waals surface area (Å²) in [6.07, 6.45) is 0. The van der Waals surface area contributed by atoms with Crippen molar-refractivity contribution in [1.29, 1.82) is 0 Å². The second kappa shape index (κ2) is 5.24. The van der Waals surface area contributed by atoms with E-state index in [2.05, 4.69) is 43.0 Å². The fraction of sp³-hybridized carbons (Fsp3) is 0.417. The summed E-state index contributed by atoms with van der Waals surface area (Å²) in [7, 11) is 0. The van der Waals surface area contributed by atoms with Gasteiger partial charge in [0.05, 0.1) is 6.04 Å². The van der Waals surface area contributed by atoms with Gasteiger partial charge < -0.3 is 5.32 Å². The van der Waals surface area contributed by atoms with E-state index < -0.39 is 0 Å². The van der Waals surface area contributed by atoms with E-state index >= 15 is 0 Å². The summed E-state index contributed by atoms with van der Waals surface area (Å²) in [5.41, 5.74) is 1.21. The van der Waals surface area contributed by atoms with Crippen molar-refractivity contribution >= 4 is 0 Å². The number of nitrogens with zero attached hydrogens (tertiary/aromatic N) is 4. The molecule has 0 radical (unpaired) electrons. The molecule has 1 atom stereocenters. The van der Waals surface area contributed by atoms with Crippen molar-refractivity contribution in [2.75, 3.05) is 26.2 Å². The summed E-state index contributed by atoms with van der Waals surface area (Å²) >= 11 is 0. The molecule has 18 heavy (non-hydrogen) atoms. The van der Waals surface area contributed by atoms with Gasteiger partial charge in [-0.1, -0.05) is 35.5 Å². The van der Waals surface area contributed by atoms with Crippen LogP contribution >= 0.6 is 0 Å². The van der Waals surface area contributed by atoms with Gasteiger partial charge in [-0.2, -0.15) is 5.21 Å². The van der Waals surface area contributed by atoms with Crippen molar-refractivity contribution in [3.05, 3.63) is 41.7 Å². The van der Waals surface area contributed by atoms with Gasteiger partial charge in [0, 0.05) is 26.2 Å². The first kappa shape index (κ1) is 11.3. The van der Waals surface area contributed by atoms with Crippen LogP contribution in [0.3, 0.4) is 0 Å². The third kappa shape index (κ3) is 2.25. The van der Waals surface area contributed by atoms with Crippen LogP contribution in [0.4, 0.5) is 0 Å². The number of rotatable bonds is 3. The molecule has 94 valence electrons. The maximum Gasteiger partial charge on any atom is 0.196 e. The topological polar surface area (TPSA) is 69.7 Å². The molecule has 0 saturated carbocycles. The number of nitrogens with one attached hydrogen (secondary N) is 2. The molecule has 1 unspecified atom stereocenters. The fourth-order valence-electron chi connectivity index (χ4n) is 2.38. The maximum absolute atomic E-state index is 4.16. The number of hydrogen-bond donors (Lipinski definition) is 2. The number of hydrogen-bond acceptors (Lipinski definition) is 5. The van der Waals surface area contributed by atoms with Crippen molar-refractivity contribution in [3.63, 3.8) is 0 Å². The molecule has 1 aromatic carbocycles. The molecule has 0 bridgehead atoms. The number of piperazine rings is 1. The Balaban J connectivity index is 1.93. The van der Waals surface area contributed by atoms with E-state index in [1.165, 1.54) is 5.56 Å². The third-order valence-electron chi connectivity index (χ3n) is 3.24. The minimum Gasteiger partial charge on any atom is -0.314 e. The molecule has 2 aromatic rings. The third-order valence-corrected chi connectivity index (χ3v) is 3.24. The van der Waals surface area contributed by atoms with E-state index in [4.69, 9.17) is 0 Å². The zero-order chi connectivity index (χ0) is 12.2. The Hall–Kier alpha value is -1.79. The van der Waals surface area contributed by atoms with E-state index in [1.807, 2.05) is 18.2 Å². The maximum atomic E-state index is 4.16. The largest absolute Gasteiger partial charge is 0.314 e. The molecule has 6 heteroatoms. The lowest BCUT2D eigenvalue weighted by atomic mass is 10.0. The lowest BCUT2D eigenvalue weighted by Gasteiger charge is -2.33. The lowest BCUT2D eigenvalue weighted by Crippen LogP contribution is -2.45. The van der Waals surface area contributed by atoms with Crippen LogP contribution in [-0.4, -0.2) is 51.7 Å². The Morgan fingerprint density at radius 1 is 1.11 bits per heavy atom. The van der Waals surface area contributed by atoms with Crippen LogP contribution in [0.15, 0.2) is 30.3 Å². The fourth-order valence-corrected chi connectivity index (χ4v) is 2.38. The normalized spacial score (nSPS) is 18.7. The Morgan fingerprint density at radius 3 is 2.56 bits per heavy atom. The second-order valence-corrected chi connectivity index (χ2v) is 4.37. The molecule has 1 aliphatic rings. The zero-order valence-electron chi connectivity index (χ0n) is 10.1. The van der Waals surface area contributed by atoms with Crippen molar-refractivity contribution < 1.29 is 0 Å². The molecule has 0 amide bonds. The van der Waals surface area contributed by atoms with Crippen LogP contribution < -0.4 is 5.32 Å². The first-order valence-corrected chi connectivity index (χ1v) is 6.18. The Bertz CT molecular complexity index is 463. The molecule has 3 rings (SSSR count). The number of tetrazole rings is 1. The number of benzene rings is 1. The molecule has 0 spiro atoms. The monoisotopic (exact) mass is 244 g/mol. The summed E-state index contributed by atoms with van der Waals surface area (Å²) in [6.45, 7) is 3.99. The van der Waals surface area contributed by atoms with E-state index in [1.54, 1.807) is 0 Å². The van der Waals surface area contributed by atoms with Crippen molar-refractivity contribution in [2.24, 2.45) is 0 Å². The van der Waals surface area contributed by atoms with Gasteiger partial charge in [0.15, 0.2) is 5.82 Å². The molecule has 0 aliphatic carbocycles. The molecule has 6 nitrogen and oxygen atoms in total. The van der Waals surface area contributed by atoms with Gasteiger partial charge in [-0.05, 0) is 5.56 Å². The Morgan fingerprint density at radius 2 is 1.89 bits per heavy atom. The number of aromatic amines is 1. The molecule has 1 aliphatic heterocycles. The van der Waals surface area contributed by atoms with Crippen molar-refractivity contribution in [2.45, 2.75) is 6.04 Å². The predicted octanol–water partition coefficient (Wildman–Crippen LogP) is 0.194. The molecule has 1 aromatic heterocycles. The molecular weight excluding hydrogens is 228 g/mol. The van der Waals surface area contributed by atoms with E-state index in [-0.39, 0.29) is 6.04 Å². The van der Waals surface area contributed by atoms with Crippen LogP contribution in [0.25, 0.3) is 0 Å². The molecule has 1 fully saturated rings. The zero-order valence-corrected chi connectivity index (χ0v) is 10.1. The molecule has 2 heterocycles. The van der Waals surface area contributed by atoms with Crippen molar-refractivity contribution in [1.82, 2.24) is 30.8 Å². The van der Waals surface area contributed by atoms with Gasteiger partial charge in [0.25, 0.3) is 0 Å². The van der Waals surface area contributed by atoms with Gasteiger partial charge in [0.2, 0.25) is 0 Å². The standard InChI is InChI=1S/C12H16N6/c1-2-4-10(5-3-1)11(12-14-16-17-15-12)18-8-6-13-7-9-18/h1-5,11,13H,6-9H2,(H,14,15,16,17). The minimum atomic E-state index is 0.0899. The molecule has 2 N–H and O–H groups in total. The second-order valence-electron chi connectivity index (χ2n) is 4.37. The first-order valence-electron chi connectivity index (χ1n) is 6.18. The minimum absolute atomic E-state index is 0.0899. The van der Waals surface area contributed by atoms with Gasteiger partial charge in [-0.15, -0.1) is 10.2 Å². The van der Waals surface area contributed by atoms with Gasteiger partial charge in [-0.3, -0.25) is 4.90 Å². The average molecular weight is 244 g/mol. The van der Waals surface area contributed by atoms with E-state index in [0.717, 1.165) is 32.0 Å². The molecule has 1 saturated heterocycles.